The molecule has 2 fully saturated rings. The number of hydrogen-bond donors (Lipinski definition) is 7. The Labute approximate surface area is 316 Å². The third-order valence-corrected chi connectivity index (χ3v) is 9.86. The van der Waals surface area contributed by atoms with Crippen LogP contribution in [0.1, 0.15) is 52.8 Å². The topological polar surface area (TPSA) is 197 Å². The van der Waals surface area contributed by atoms with Gasteiger partial charge in [-0.15, -0.1) is 0 Å². The summed E-state index contributed by atoms with van der Waals surface area (Å²) in [6, 6.07) is 14.6. The van der Waals surface area contributed by atoms with Crippen molar-refractivity contribution in [3.8, 4) is 11.5 Å². The second-order valence-corrected chi connectivity index (χ2v) is 13.2. The van der Waals surface area contributed by atoms with E-state index in [1.165, 1.54) is 54.6 Å². The molecule has 1 saturated heterocycles. The minimum atomic E-state index is -1.34. The third-order valence-electron chi connectivity index (χ3n) is 9.09. The van der Waals surface area contributed by atoms with Gasteiger partial charge in [-0.05, 0) is 74.2 Å². The average Bonchev–Trinajstić information content (AvgIpc) is 3.49. The molecule has 282 valence electrons. The van der Waals surface area contributed by atoms with Gasteiger partial charge in [0, 0.05) is 24.9 Å². The molecule has 0 aromatic heterocycles. The minimum Gasteiger partial charge on any atom is -0.505 e. The summed E-state index contributed by atoms with van der Waals surface area (Å²) in [7, 11) is 0. The number of nitrogens with zero attached hydrogens (tertiary/aromatic N) is 1. The number of carbonyl (C=O) groups excluding carboxylic acids is 4. The van der Waals surface area contributed by atoms with Crippen LogP contribution >= 0.6 is 23.2 Å². The van der Waals surface area contributed by atoms with Gasteiger partial charge in [-0.1, -0.05) is 47.5 Å². The van der Waals surface area contributed by atoms with Crippen LogP contribution in [0, 0.1) is 17.0 Å². The van der Waals surface area contributed by atoms with E-state index in [2.05, 4.69) is 21.3 Å². The highest BCUT2D eigenvalue weighted by molar-refractivity contribution is 6.34. The molecule has 54 heavy (non-hydrogen) atoms. The predicted molar refractivity (Wildman–Crippen MR) is 198 cm³/mol. The Morgan fingerprint density at radius 2 is 1.07 bits per heavy atom. The molecule has 0 atom stereocenters. The average molecular weight is 785 g/mol. The molecule has 13 nitrogen and oxygen atoms in total. The van der Waals surface area contributed by atoms with Crippen LogP contribution in [0.4, 0.5) is 41.1 Å². The van der Waals surface area contributed by atoms with E-state index in [0.29, 0.717) is 38.1 Å². The number of phenolic OH excluding ortho intramolecular Hbond substituents is 1. The molecule has 6 rings (SSSR count). The molecule has 2 aliphatic rings. The first-order valence-corrected chi connectivity index (χ1v) is 17.2. The predicted octanol–water partition coefficient (Wildman–Crippen LogP) is 8.33. The van der Waals surface area contributed by atoms with Crippen molar-refractivity contribution in [1.82, 2.24) is 4.90 Å². The number of benzene rings is 4. The number of halogens is 4. The first kappa shape index (κ1) is 39.3. The fourth-order valence-electron chi connectivity index (χ4n) is 6.22. The van der Waals surface area contributed by atoms with Crippen molar-refractivity contribution in [2.45, 2.75) is 32.1 Å². The maximum atomic E-state index is 13.6. The van der Waals surface area contributed by atoms with E-state index in [4.69, 9.17) is 28.3 Å². The van der Waals surface area contributed by atoms with Gasteiger partial charge in [0.25, 0.3) is 5.91 Å². The van der Waals surface area contributed by atoms with Gasteiger partial charge >= 0.3 is 18.0 Å². The Morgan fingerprint density at radius 1 is 0.648 bits per heavy atom. The first-order valence-electron chi connectivity index (χ1n) is 16.4. The van der Waals surface area contributed by atoms with Gasteiger partial charge in [0.15, 0.2) is 11.5 Å². The van der Waals surface area contributed by atoms with E-state index < -0.39 is 35.4 Å². The number of rotatable bonds is 6. The molecule has 1 aliphatic carbocycles. The zero-order valence-corrected chi connectivity index (χ0v) is 29.7. The molecule has 1 heterocycles. The van der Waals surface area contributed by atoms with Crippen molar-refractivity contribution in [3.05, 3.63) is 106 Å². The van der Waals surface area contributed by atoms with Gasteiger partial charge < -0.3 is 41.5 Å². The Balaban J connectivity index is 0.000000223. The number of Topliss-reactive ketones (excluding diaryl/α,β-unsaturated/α-hetero) is 1. The van der Waals surface area contributed by atoms with E-state index >= 15 is 0 Å². The van der Waals surface area contributed by atoms with Crippen LogP contribution in [-0.4, -0.2) is 63.0 Å². The largest absolute Gasteiger partial charge is 0.505 e. The number of aromatic carboxylic acids is 1. The fourth-order valence-corrected chi connectivity index (χ4v) is 6.56. The first-order chi connectivity index (χ1) is 25.7. The second kappa shape index (κ2) is 16.8. The standard InChI is InChI=1S/C23H23ClFN3O4.C14H10ClFN2O4/c24-19-15(25)5-2-6-16(19)26-22(32)27-17-7-1-4-14(20(17)30)21(31)28-12-10-23(11-13-28)9-3-8-18(23)29;15-11-8(16)4-2-5-9(11)17-14(22)18-10-6-1-3-7(12(10)19)13(20)21/h1-2,4-7,30H,3,8-13H2,(H2,26,27,32);1-6,19H,(H,20,21)(H2,17,18,22). The van der Waals surface area contributed by atoms with E-state index in [9.17, 15) is 43.0 Å². The van der Waals surface area contributed by atoms with Gasteiger partial charge in [-0.2, -0.15) is 0 Å². The maximum Gasteiger partial charge on any atom is 0.339 e. The molecule has 4 aromatic carbocycles. The normalized spacial score (nSPS) is 14.4. The minimum absolute atomic E-state index is 0.0281. The molecule has 0 unspecified atom stereocenters. The van der Waals surface area contributed by atoms with Crippen molar-refractivity contribution in [3.63, 3.8) is 0 Å². The zero-order chi connectivity index (χ0) is 39.2. The van der Waals surface area contributed by atoms with Crippen molar-refractivity contribution in [2.24, 2.45) is 5.41 Å². The number of carboxylic acid groups (broad SMARTS) is 1. The second-order valence-electron chi connectivity index (χ2n) is 12.4. The maximum absolute atomic E-state index is 13.6. The summed E-state index contributed by atoms with van der Waals surface area (Å²) in [5.74, 6) is -3.73. The lowest BCUT2D eigenvalue weighted by atomic mass is 9.76. The summed E-state index contributed by atoms with van der Waals surface area (Å²) in [6.45, 7) is 0.889. The fraction of sp³-hybridized carbons (Fsp3) is 0.216. The van der Waals surface area contributed by atoms with E-state index in [0.717, 1.165) is 25.0 Å². The summed E-state index contributed by atoms with van der Waals surface area (Å²) >= 11 is 11.5. The number of aromatic hydroxyl groups is 2. The highest BCUT2D eigenvalue weighted by Crippen LogP contribution is 2.44. The number of para-hydroxylation sites is 2. The summed E-state index contributed by atoms with van der Waals surface area (Å²) in [5, 5.41) is 38.2. The van der Waals surface area contributed by atoms with Crippen LogP contribution in [-0.2, 0) is 4.79 Å². The monoisotopic (exact) mass is 783 g/mol. The summed E-state index contributed by atoms with van der Waals surface area (Å²) in [5.41, 5.74) is -0.571. The summed E-state index contributed by atoms with van der Waals surface area (Å²) < 4.78 is 26.8. The lowest BCUT2D eigenvalue weighted by Gasteiger charge is -2.38. The summed E-state index contributed by atoms with van der Waals surface area (Å²) in [6.07, 6.45) is 3.67. The number of phenols is 2. The number of urea groups is 2. The molecule has 4 aromatic rings. The molecular weight excluding hydrogens is 751 g/mol. The Hall–Kier alpha value is -5.93. The number of hydrogen-bond acceptors (Lipinski definition) is 7. The van der Waals surface area contributed by atoms with E-state index in [1.807, 2.05) is 0 Å². The van der Waals surface area contributed by atoms with Crippen LogP contribution < -0.4 is 21.3 Å². The molecule has 7 N–H and O–H groups in total. The number of likely N-dealkylation sites (tertiary alicyclic amines) is 1. The SMILES string of the molecule is O=C(Nc1cccc(C(=O)N2CCC3(CCCC3=O)CC2)c1O)Nc1cccc(F)c1Cl.O=C(Nc1cccc(C(=O)O)c1O)Nc1cccc(F)c1Cl. The van der Waals surface area contributed by atoms with Crippen LogP contribution in [0.15, 0.2) is 72.8 Å². The number of nitrogens with one attached hydrogen (secondary N) is 4. The molecular formula is C37H33Cl2F2N5O8. The van der Waals surface area contributed by atoms with Gasteiger partial charge in [-0.25, -0.2) is 23.2 Å². The highest BCUT2D eigenvalue weighted by Gasteiger charge is 2.44. The van der Waals surface area contributed by atoms with E-state index in [-0.39, 0.29) is 61.0 Å². The lowest BCUT2D eigenvalue weighted by molar-refractivity contribution is -0.127. The summed E-state index contributed by atoms with van der Waals surface area (Å²) in [4.78, 5) is 61.9. The number of carboxylic acids is 1. The molecule has 17 heteroatoms. The Kier molecular flexibility index (Phi) is 12.2. The molecule has 0 radical (unpaired) electrons. The highest BCUT2D eigenvalue weighted by atomic mass is 35.5. The molecule has 1 spiro atoms. The molecule has 1 saturated carbocycles. The number of amides is 5. The van der Waals surface area contributed by atoms with Crippen LogP contribution in [0.2, 0.25) is 10.0 Å². The van der Waals surface area contributed by atoms with Crippen LogP contribution in [0.3, 0.4) is 0 Å². The number of carbonyl (C=O) groups is 5. The van der Waals surface area contributed by atoms with Gasteiger partial charge in [-0.3, -0.25) is 9.59 Å². The lowest BCUT2D eigenvalue weighted by Crippen LogP contribution is -2.44. The smallest absolute Gasteiger partial charge is 0.339 e. The van der Waals surface area contributed by atoms with Gasteiger partial charge in [0.2, 0.25) is 0 Å². The molecule has 0 bridgehead atoms. The van der Waals surface area contributed by atoms with Crippen LogP contribution in [0.5, 0.6) is 11.5 Å². The third kappa shape index (κ3) is 8.81. The van der Waals surface area contributed by atoms with Crippen molar-refractivity contribution in [2.75, 3.05) is 34.4 Å². The Bertz CT molecular complexity index is 2130. The number of piperidine rings is 1. The number of ketones is 1. The van der Waals surface area contributed by atoms with Crippen molar-refractivity contribution in [1.29, 1.82) is 0 Å². The van der Waals surface area contributed by atoms with E-state index in [1.54, 1.807) is 11.0 Å². The number of anilines is 4. The van der Waals surface area contributed by atoms with Gasteiger partial charge in [0.05, 0.1) is 38.4 Å². The van der Waals surface area contributed by atoms with Crippen molar-refractivity contribution >= 4 is 75.7 Å². The quantitative estimate of drug-likeness (QED) is 0.0947. The van der Waals surface area contributed by atoms with Crippen molar-refractivity contribution < 1.29 is 48.1 Å². The molecule has 1 aliphatic heterocycles. The molecule has 5 amide bonds. The van der Waals surface area contributed by atoms with Crippen LogP contribution in [0.25, 0.3) is 0 Å². The van der Waals surface area contributed by atoms with Gasteiger partial charge in [0.1, 0.15) is 23.0 Å². The zero-order valence-electron chi connectivity index (χ0n) is 28.2. The Morgan fingerprint density at radius 3 is 1.54 bits per heavy atom.